The predicted octanol–water partition coefficient (Wildman–Crippen LogP) is 7.43. The summed E-state index contributed by atoms with van der Waals surface area (Å²) in [5.41, 5.74) is 5.18. The van der Waals surface area contributed by atoms with Gasteiger partial charge in [0.05, 0.1) is 29.4 Å². The molecule has 0 bridgehead atoms. The lowest BCUT2D eigenvalue weighted by Crippen LogP contribution is -1.92. The van der Waals surface area contributed by atoms with Crippen LogP contribution in [0.25, 0.3) is 17.5 Å². The number of rotatable bonds is 17. The molecular formula is C28H41N3O2. The predicted molar refractivity (Wildman–Crippen MR) is 139 cm³/mol. The lowest BCUT2D eigenvalue weighted by molar-refractivity contribution is 0.282. The number of hydrogen-bond acceptors (Lipinski definition) is 3. The highest BCUT2D eigenvalue weighted by atomic mass is 16.5. The number of H-pyrrole nitrogens is 2. The Morgan fingerprint density at radius 2 is 1.61 bits per heavy atom. The number of aliphatic imine (C=N–C) groups is 1. The number of nitrogens with zero attached hydrogens (tertiary/aromatic N) is 1. The lowest BCUT2D eigenvalue weighted by atomic mass is 10.0. The zero-order valence-electron chi connectivity index (χ0n) is 20.2. The Hall–Kier alpha value is -2.53. The zero-order valence-corrected chi connectivity index (χ0v) is 20.2. The maximum atomic E-state index is 8.79. The van der Waals surface area contributed by atoms with Crippen LogP contribution in [0.4, 0.5) is 0 Å². The van der Waals surface area contributed by atoms with Crippen LogP contribution in [0.5, 0.6) is 5.75 Å². The molecule has 0 aromatic carbocycles. The average molecular weight is 452 g/mol. The minimum absolute atomic E-state index is 0.344. The molecule has 0 atom stereocenters. The second kappa shape index (κ2) is 14.6. The summed E-state index contributed by atoms with van der Waals surface area (Å²) in [4.78, 5) is 11.5. The van der Waals surface area contributed by atoms with Crippen LogP contribution < -0.4 is 4.74 Å². The second-order valence-corrected chi connectivity index (χ2v) is 8.85. The number of hydrogen-bond donors (Lipinski definition) is 3. The molecule has 0 aliphatic carbocycles. The molecule has 3 heterocycles. The molecule has 180 valence electrons. The van der Waals surface area contributed by atoms with Gasteiger partial charge in [-0.25, -0.2) is 0 Å². The van der Waals surface area contributed by atoms with E-state index in [4.69, 9.17) is 14.8 Å². The quantitative estimate of drug-likeness (QED) is 0.219. The summed E-state index contributed by atoms with van der Waals surface area (Å²) in [6.45, 7) is 2.98. The van der Waals surface area contributed by atoms with Gasteiger partial charge in [-0.1, -0.05) is 57.8 Å². The van der Waals surface area contributed by atoms with Crippen molar-refractivity contribution in [3.05, 3.63) is 47.9 Å². The number of aromatic nitrogens is 2. The minimum atomic E-state index is 0.344. The Labute approximate surface area is 199 Å². The van der Waals surface area contributed by atoms with Gasteiger partial charge in [-0.2, -0.15) is 0 Å². The van der Waals surface area contributed by atoms with E-state index in [1.54, 1.807) is 0 Å². The topological polar surface area (TPSA) is 73.4 Å². The molecule has 0 amide bonds. The third-order valence-corrected chi connectivity index (χ3v) is 6.10. The first-order valence-corrected chi connectivity index (χ1v) is 12.9. The van der Waals surface area contributed by atoms with E-state index in [1.165, 1.54) is 69.9 Å². The van der Waals surface area contributed by atoms with Crippen LogP contribution in [-0.4, -0.2) is 34.0 Å². The van der Waals surface area contributed by atoms with Crippen LogP contribution in [0.2, 0.25) is 0 Å². The van der Waals surface area contributed by atoms with Crippen molar-refractivity contribution in [3.8, 4) is 17.1 Å². The summed E-state index contributed by atoms with van der Waals surface area (Å²) in [6, 6.07) is 6.08. The Balaban J connectivity index is 1.36. The van der Waals surface area contributed by atoms with Gasteiger partial charge in [0.25, 0.3) is 0 Å². The van der Waals surface area contributed by atoms with Gasteiger partial charge in [0.2, 0.25) is 0 Å². The maximum Gasteiger partial charge on any atom is 0.144 e. The first-order chi connectivity index (χ1) is 16.3. The summed E-state index contributed by atoms with van der Waals surface area (Å²) in [5, 5.41) is 8.79. The van der Waals surface area contributed by atoms with Crippen molar-refractivity contribution in [1.29, 1.82) is 0 Å². The summed E-state index contributed by atoms with van der Waals surface area (Å²) in [7, 11) is 0. The van der Waals surface area contributed by atoms with Gasteiger partial charge >= 0.3 is 0 Å². The van der Waals surface area contributed by atoms with Crippen LogP contribution in [-0.2, 0) is 0 Å². The molecule has 3 rings (SSSR count). The fourth-order valence-electron chi connectivity index (χ4n) is 4.28. The van der Waals surface area contributed by atoms with Gasteiger partial charge in [-0.05, 0) is 56.5 Å². The molecule has 0 saturated heterocycles. The standard InChI is InChI=1S/C28H41N3O2/c1-2-33-28-22-26(25-16-14-19-29-25)31-27(28)21-24-18-17-23(30-24)15-12-10-8-6-4-3-5-7-9-11-13-20-32/h14,16-19,21-22,29,31-32H,2-13,15,20H2,1H3/b24-21+. The Kier molecular flexibility index (Phi) is 11.1. The van der Waals surface area contributed by atoms with Crippen LogP contribution in [0.1, 0.15) is 89.7 Å². The number of aliphatic hydroxyl groups is 1. The molecular weight excluding hydrogens is 410 g/mol. The van der Waals surface area contributed by atoms with Gasteiger partial charge in [0.15, 0.2) is 0 Å². The van der Waals surface area contributed by atoms with Gasteiger partial charge in [-0.3, -0.25) is 4.99 Å². The number of unbranched alkanes of at least 4 members (excludes halogenated alkanes) is 10. The monoisotopic (exact) mass is 451 g/mol. The molecule has 3 N–H and O–H groups in total. The highest BCUT2D eigenvalue weighted by molar-refractivity contribution is 5.99. The van der Waals surface area contributed by atoms with Crippen LogP contribution in [0.3, 0.4) is 0 Å². The van der Waals surface area contributed by atoms with Crippen molar-refractivity contribution in [3.63, 3.8) is 0 Å². The molecule has 33 heavy (non-hydrogen) atoms. The fraction of sp³-hybridized carbons (Fsp3) is 0.536. The summed E-state index contributed by atoms with van der Waals surface area (Å²) in [5.74, 6) is 0.858. The number of nitrogens with one attached hydrogen (secondary N) is 2. The molecule has 0 fully saturated rings. The van der Waals surface area contributed by atoms with Crippen molar-refractivity contribution < 1.29 is 9.84 Å². The summed E-state index contributed by atoms with van der Waals surface area (Å²) in [6.07, 6.45) is 23.3. The lowest BCUT2D eigenvalue weighted by Gasteiger charge is -2.03. The Morgan fingerprint density at radius 1 is 0.909 bits per heavy atom. The summed E-state index contributed by atoms with van der Waals surface area (Å²) < 4.78 is 5.83. The molecule has 1 aliphatic heterocycles. The van der Waals surface area contributed by atoms with Gasteiger partial charge < -0.3 is 19.8 Å². The molecule has 2 aromatic heterocycles. The third kappa shape index (κ3) is 8.73. The molecule has 0 saturated carbocycles. The maximum absolute atomic E-state index is 8.79. The zero-order chi connectivity index (χ0) is 23.1. The van der Waals surface area contributed by atoms with Crippen molar-refractivity contribution in [1.82, 2.24) is 9.97 Å². The Bertz CT molecular complexity index is 890. The molecule has 0 radical (unpaired) electrons. The highest BCUT2D eigenvalue weighted by Crippen LogP contribution is 2.29. The van der Waals surface area contributed by atoms with Crippen molar-refractivity contribution in [2.45, 2.75) is 84.0 Å². The van der Waals surface area contributed by atoms with Crippen LogP contribution in [0.15, 0.2) is 47.2 Å². The van der Waals surface area contributed by atoms with Crippen LogP contribution >= 0.6 is 0 Å². The Morgan fingerprint density at radius 3 is 2.24 bits per heavy atom. The number of aromatic amines is 2. The van der Waals surface area contributed by atoms with Crippen molar-refractivity contribution >= 4 is 11.8 Å². The minimum Gasteiger partial charge on any atom is -0.492 e. The van der Waals surface area contributed by atoms with E-state index < -0.39 is 0 Å². The highest BCUT2D eigenvalue weighted by Gasteiger charge is 2.12. The largest absolute Gasteiger partial charge is 0.492 e. The van der Waals surface area contributed by atoms with E-state index in [0.717, 1.165) is 41.4 Å². The molecule has 0 spiro atoms. The SMILES string of the molecule is CCOc1cc(-c2ccc[nH]2)[nH]c1/C=C1\C=CC(CCCCCCCCCCCCCO)=N1. The third-order valence-electron chi connectivity index (χ3n) is 6.10. The second-order valence-electron chi connectivity index (χ2n) is 8.85. The number of ether oxygens (including phenoxy) is 1. The smallest absolute Gasteiger partial charge is 0.144 e. The normalized spacial score (nSPS) is 14.4. The molecule has 1 aliphatic rings. The number of aliphatic hydroxyl groups excluding tert-OH is 1. The van der Waals surface area contributed by atoms with Gasteiger partial charge in [-0.15, -0.1) is 0 Å². The van der Waals surface area contributed by atoms with E-state index in [2.05, 4.69) is 28.2 Å². The fourth-order valence-corrected chi connectivity index (χ4v) is 4.28. The molecule has 5 heteroatoms. The first kappa shape index (κ1) is 25.1. The average Bonchev–Trinajstić information content (AvgIpc) is 3.57. The van der Waals surface area contributed by atoms with E-state index in [1.807, 2.05) is 31.3 Å². The van der Waals surface area contributed by atoms with Gasteiger partial charge in [0.1, 0.15) is 5.75 Å². The first-order valence-electron chi connectivity index (χ1n) is 12.9. The molecule has 0 unspecified atom stereocenters. The number of allylic oxidation sites excluding steroid dienone is 2. The van der Waals surface area contributed by atoms with E-state index in [0.29, 0.717) is 13.2 Å². The van der Waals surface area contributed by atoms with Crippen LogP contribution in [0, 0.1) is 0 Å². The van der Waals surface area contributed by atoms with Crippen molar-refractivity contribution in [2.75, 3.05) is 13.2 Å². The van der Waals surface area contributed by atoms with E-state index in [9.17, 15) is 0 Å². The van der Waals surface area contributed by atoms with Crippen molar-refractivity contribution in [2.24, 2.45) is 4.99 Å². The van der Waals surface area contributed by atoms with Gasteiger partial charge in [0, 0.05) is 24.6 Å². The van der Waals surface area contributed by atoms with E-state index >= 15 is 0 Å². The summed E-state index contributed by atoms with van der Waals surface area (Å²) >= 11 is 0. The van der Waals surface area contributed by atoms with E-state index in [-0.39, 0.29) is 0 Å². The molecule has 5 nitrogen and oxygen atoms in total. The molecule has 2 aromatic rings.